The van der Waals surface area contributed by atoms with E-state index in [1.54, 1.807) is 11.4 Å². The average molecular weight is 236 g/mol. The lowest BCUT2D eigenvalue weighted by Crippen LogP contribution is -2.35. The highest BCUT2D eigenvalue weighted by atomic mass is 32.1. The van der Waals surface area contributed by atoms with Gasteiger partial charge in [0.25, 0.3) is 12.3 Å². The predicted molar refractivity (Wildman–Crippen MR) is 53.1 cm³/mol. The molecule has 0 fully saturated rings. The summed E-state index contributed by atoms with van der Waals surface area (Å²) in [6.07, 6.45) is -4.72. The van der Waals surface area contributed by atoms with Crippen molar-refractivity contribution < 1.29 is 18.7 Å². The summed E-state index contributed by atoms with van der Waals surface area (Å²) in [6.45, 7) is -0.492. The Balaban J connectivity index is 2.47. The summed E-state index contributed by atoms with van der Waals surface area (Å²) < 4.78 is 23.8. The van der Waals surface area contributed by atoms with Gasteiger partial charge in [0.2, 0.25) is 0 Å². The third-order valence-electron chi connectivity index (χ3n) is 1.66. The van der Waals surface area contributed by atoms with E-state index in [9.17, 15) is 13.6 Å². The zero-order valence-electron chi connectivity index (χ0n) is 7.61. The van der Waals surface area contributed by atoms with E-state index in [1.807, 2.05) is 0 Å². The van der Waals surface area contributed by atoms with Gasteiger partial charge in [0.05, 0.1) is 5.69 Å². The molecule has 0 bridgehead atoms. The normalized spacial score (nSPS) is 12.8. The first-order valence-electron chi connectivity index (χ1n) is 4.09. The van der Waals surface area contributed by atoms with Gasteiger partial charge in [0, 0.05) is 6.54 Å². The van der Waals surface area contributed by atoms with Crippen molar-refractivity contribution in [3.63, 3.8) is 0 Å². The van der Waals surface area contributed by atoms with Crippen molar-refractivity contribution in [3.8, 4) is 0 Å². The monoisotopic (exact) mass is 236 g/mol. The largest absolute Gasteiger partial charge is 0.397 e. The third-order valence-corrected chi connectivity index (χ3v) is 2.59. The molecule has 1 aromatic rings. The first kappa shape index (κ1) is 11.9. The molecule has 84 valence electrons. The number of carbonyl (C=O) groups is 1. The molecule has 7 heteroatoms. The number of amides is 1. The molecule has 4 N–H and O–H groups in total. The lowest BCUT2D eigenvalue weighted by molar-refractivity contribution is -0.00267. The maximum atomic E-state index is 11.9. The van der Waals surface area contributed by atoms with E-state index in [1.165, 1.54) is 0 Å². The maximum Gasteiger partial charge on any atom is 0.265 e. The molecule has 0 aliphatic rings. The Morgan fingerprint density at radius 1 is 1.67 bits per heavy atom. The number of rotatable bonds is 4. The van der Waals surface area contributed by atoms with E-state index in [0.717, 1.165) is 11.3 Å². The van der Waals surface area contributed by atoms with E-state index in [4.69, 9.17) is 10.8 Å². The van der Waals surface area contributed by atoms with Gasteiger partial charge < -0.3 is 16.2 Å². The van der Waals surface area contributed by atoms with Crippen LogP contribution in [0.5, 0.6) is 0 Å². The zero-order valence-corrected chi connectivity index (χ0v) is 8.43. The Hall–Kier alpha value is -1.21. The van der Waals surface area contributed by atoms with Crippen LogP contribution in [0, 0.1) is 0 Å². The summed E-state index contributed by atoms with van der Waals surface area (Å²) in [5.74, 6) is -0.554. The maximum absolute atomic E-state index is 11.9. The highest BCUT2D eigenvalue weighted by Gasteiger charge is 2.18. The van der Waals surface area contributed by atoms with Crippen molar-refractivity contribution in [3.05, 3.63) is 16.3 Å². The molecule has 1 amide bonds. The number of carbonyl (C=O) groups excluding carboxylic acids is 1. The number of thiophene rings is 1. The van der Waals surface area contributed by atoms with Crippen LogP contribution in [0.4, 0.5) is 14.5 Å². The summed E-state index contributed by atoms with van der Waals surface area (Å²) in [4.78, 5) is 11.6. The van der Waals surface area contributed by atoms with Gasteiger partial charge in [-0.25, -0.2) is 8.78 Å². The summed E-state index contributed by atoms with van der Waals surface area (Å²) in [5.41, 5.74) is 5.74. The number of halogens is 2. The van der Waals surface area contributed by atoms with Crippen LogP contribution in [0.2, 0.25) is 0 Å². The van der Waals surface area contributed by atoms with Crippen molar-refractivity contribution in [2.45, 2.75) is 12.5 Å². The minimum Gasteiger partial charge on any atom is -0.397 e. The minimum atomic E-state index is -2.87. The van der Waals surface area contributed by atoms with Gasteiger partial charge in [-0.2, -0.15) is 0 Å². The second kappa shape index (κ2) is 5.04. The fourth-order valence-corrected chi connectivity index (χ4v) is 1.60. The van der Waals surface area contributed by atoms with Crippen molar-refractivity contribution in [2.24, 2.45) is 0 Å². The molecule has 0 saturated carbocycles. The fraction of sp³-hybridized carbons (Fsp3) is 0.375. The van der Waals surface area contributed by atoms with E-state index < -0.39 is 25.0 Å². The molecular weight excluding hydrogens is 226 g/mol. The molecular formula is C8H10F2N2O2S. The molecule has 1 aromatic heterocycles. The molecule has 0 spiro atoms. The number of anilines is 1. The molecule has 0 aliphatic heterocycles. The Bertz CT molecular complexity index is 343. The number of alkyl halides is 2. The number of aliphatic hydroxyl groups excluding tert-OH is 1. The van der Waals surface area contributed by atoms with Crippen LogP contribution in [0.15, 0.2) is 11.4 Å². The highest BCUT2D eigenvalue weighted by molar-refractivity contribution is 7.12. The molecule has 1 rings (SSSR count). The van der Waals surface area contributed by atoms with Crippen LogP contribution in [-0.2, 0) is 0 Å². The molecule has 4 nitrogen and oxygen atoms in total. The second-order valence-corrected chi connectivity index (χ2v) is 3.73. The van der Waals surface area contributed by atoms with Gasteiger partial charge in [0.1, 0.15) is 11.0 Å². The minimum absolute atomic E-state index is 0.261. The Kier molecular flexibility index (Phi) is 3.98. The molecule has 0 saturated heterocycles. The highest BCUT2D eigenvalue weighted by Crippen LogP contribution is 2.18. The van der Waals surface area contributed by atoms with Gasteiger partial charge >= 0.3 is 0 Å². The number of nitrogens with one attached hydrogen (secondary N) is 1. The Morgan fingerprint density at radius 3 is 2.80 bits per heavy atom. The first-order valence-corrected chi connectivity index (χ1v) is 4.97. The van der Waals surface area contributed by atoms with Gasteiger partial charge in [0.15, 0.2) is 0 Å². The molecule has 15 heavy (non-hydrogen) atoms. The molecule has 1 heterocycles. The SMILES string of the molecule is Nc1ccsc1C(=O)NCC(O)C(F)F. The molecule has 0 aromatic carbocycles. The van der Waals surface area contributed by atoms with Crippen molar-refractivity contribution >= 4 is 22.9 Å². The molecule has 0 radical (unpaired) electrons. The van der Waals surface area contributed by atoms with Crippen LogP contribution in [0.3, 0.4) is 0 Å². The van der Waals surface area contributed by atoms with E-state index in [-0.39, 0.29) is 4.88 Å². The van der Waals surface area contributed by atoms with Crippen molar-refractivity contribution in [2.75, 3.05) is 12.3 Å². The van der Waals surface area contributed by atoms with Crippen LogP contribution < -0.4 is 11.1 Å². The first-order chi connectivity index (χ1) is 7.02. The Labute approximate surface area is 88.7 Å². The summed E-state index contributed by atoms with van der Waals surface area (Å²) in [5, 5.41) is 12.5. The third kappa shape index (κ3) is 3.14. The van der Waals surface area contributed by atoms with Crippen molar-refractivity contribution in [1.29, 1.82) is 0 Å². The van der Waals surface area contributed by atoms with E-state index in [2.05, 4.69) is 5.32 Å². The topological polar surface area (TPSA) is 75.4 Å². The lowest BCUT2D eigenvalue weighted by Gasteiger charge is -2.10. The van der Waals surface area contributed by atoms with Crippen molar-refractivity contribution in [1.82, 2.24) is 5.32 Å². The van der Waals surface area contributed by atoms with Gasteiger partial charge in [-0.1, -0.05) is 0 Å². The van der Waals surface area contributed by atoms with Gasteiger partial charge in [-0.3, -0.25) is 4.79 Å². The van der Waals surface area contributed by atoms with E-state index >= 15 is 0 Å². The van der Waals surface area contributed by atoms with Crippen LogP contribution in [0.25, 0.3) is 0 Å². The number of hydrogen-bond donors (Lipinski definition) is 3. The second-order valence-electron chi connectivity index (χ2n) is 2.82. The number of hydrogen-bond acceptors (Lipinski definition) is 4. The van der Waals surface area contributed by atoms with Gasteiger partial charge in [-0.15, -0.1) is 11.3 Å². The summed E-state index contributed by atoms with van der Waals surface area (Å²) >= 11 is 1.11. The average Bonchev–Trinajstić information content (AvgIpc) is 2.60. The zero-order chi connectivity index (χ0) is 11.4. The molecule has 0 aliphatic carbocycles. The van der Waals surface area contributed by atoms with Crippen LogP contribution in [0.1, 0.15) is 9.67 Å². The smallest absolute Gasteiger partial charge is 0.265 e. The Morgan fingerprint density at radius 2 is 2.33 bits per heavy atom. The van der Waals surface area contributed by atoms with Crippen LogP contribution in [-0.4, -0.2) is 30.1 Å². The predicted octanol–water partition coefficient (Wildman–Crippen LogP) is 0.686. The van der Waals surface area contributed by atoms with Crippen LogP contribution >= 0.6 is 11.3 Å². The lowest BCUT2D eigenvalue weighted by atomic mass is 10.3. The summed E-state index contributed by atoms with van der Waals surface area (Å²) in [6, 6.07) is 1.54. The quantitative estimate of drug-likeness (QED) is 0.719. The van der Waals surface area contributed by atoms with Gasteiger partial charge in [-0.05, 0) is 11.4 Å². The standard InChI is InChI=1S/C8H10F2N2O2S/c9-7(10)5(13)3-12-8(14)6-4(11)1-2-15-6/h1-2,5,7,13H,3,11H2,(H,12,14). The van der Waals surface area contributed by atoms with E-state index in [0.29, 0.717) is 5.69 Å². The number of nitrogens with two attached hydrogens (primary N) is 1. The fourth-order valence-electron chi connectivity index (χ4n) is 0.870. The number of nitrogen functional groups attached to an aromatic ring is 1. The number of aliphatic hydroxyl groups is 1. The summed E-state index contributed by atoms with van der Waals surface area (Å²) in [7, 11) is 0. The molecule has 1 atom stereocenters. The molecule has 1 unspecified atom stereocenters.